The van der Waals surface area contributed by atoms with Gasteiger partial charge in [-0.1, -0.05) is 81.1 Å². The van der Waals surface area contributed by atoms with E-state index in [0.717, 1.165) is 29.8 Å². The van der Waals surface area contributed by atoms with Gasteiger partial charge in [0.15, 0.2) is 0 Å². The third kappa shape index (κ3) is 7.02. The van der Waals surface area contributed by atoms with E-state index in [0.29, 0.717) is 28.1 Å². The van der Waals surface area contributed by atoms with Gasteiger partial charge < -0.3 is 15.5 Å². The number of nitrogens with zero attached hydrogens (tertiary/aromatic N) is 3. The smallest absolute Gasteiger partial charge is 0.315 e. The van der Waals surface area contributed by atoms with Crippen LogP contribution in [0.15, 0.2) is 48.5 Å². The van der Waals surface area contributed by atoms with Gasteiger partial charge in [0.1, 0.15) is 12.4 Å². The first-order valence-corrected chi connectivity index (χ1v) is 12.7. The Morgan fingerprint density at radius 2 is 1.67 bits per heavy atom. The lowest BCUT2D eigenvalue weighted by atomic mass is 9.92. The van der Waals surface area contributed by atoms with Gasteiger partial charge in [0.05, 0.1) is 27.1 Å². The molecule has 0 spiro atoms. The molecule has 2 aromatic carbocycles. The van der Waals surface area contributed by atoms with Crippen molar-refractivity contribution in [2.45, 2.75) is 52.9 Å². The highest BCUT2D eigenvalue weighted by Crippen LogP contribution is 2.30. The highest BCUT2D eigenvalue weighted by Gasteiger charge is 2.23. The molecule has 0 fully saturated rings. The molecule has 3 amide bonds. The molecule has 3 rings (SSSR count). The van der Waals surface area contributed by atoms with Crippen LogP contribution in [0.1, 0.15) is 51.8 Å². The number of aryl methyl sites for hydroxylation is 1. The number of benzene rings is 2. The summed E-state index contributed by atoms with van der Waals surface area (Å²) in [4.78, 5) is 27.7. The van der Waals surface area contributed by atoms with E-state index in [-0.39, 0.29) is 17.9 Å². The molecule has 0 aliphatic carbocycles. The van der Waals surface area contributed by atoms with Crippen LogP contribution in [0.3, 0.4) is 0 Å². The van der Waals surface area contributed by atoms with Crippen LogP contribution in [0.5, 0.6) is 0 Å². The Hall–Kier alpha value is -3.03. The molecule has 0 atom stereocenters. The van der Waals surface area contributed by atoms with E-state index in [4.69, 9.17) is 28.3 Å². The van der Waals surface area contributed by atoms with Crippen LogP contribution in [0.25, 0.3) is 5.69 Å². The minimum absolute atomic E-state index is 0.141. The van der Waals surface area contributed by atoms with Crippen molar-refractivity contribution in [3.05, 3.63) is 69.8 Å². The normalized spacial score (nSPS) is 11.3. The summed E-state index contributed by atoms with van der Waals surface area (Å²) in [5.74, 6) is 0.207. The molecule has 0 saturated heterocycles. The van der Waals surface area contributed by atoms with E-state index in [1.165, 1.54) is 4.90 Å². The largest absolute Gasteiger partial charge is 0.322 e. The lowest BCUT2D eigenvalue weighted by Gasteiger charge is -2.23. The monoisotopic (exact) mass is 529 g/mol. The molecular formula is C27H33Cl2N5O2. The van der Waals surface area contributed by atoms with Crippen molar-refractivity contribution < 1.29 is 9.59 Å². The maximum Gasteiger partial charge on any atom is 0.322 e. The number of anilines is 2. The Bertz CT molecular complexity index is 1200. The fourth-order valence-corrected chi connectivity index (χ4v) is 3.97. The number of rotatable bonds is 8. The Morgan fingerprint density at radius 1 is 1.03 bits per heavy atom. The van der Waals surface area contributed by atoms with E-state index >= 15 is 0 Å². The third-order valence-electron chi connectivity index (χ3n) is 5.62. The van der Waals surface area contributed by atoms with Crippen molar-refractivity contribution in [1.82, 2.24) is 14.7 Å². The zero-order chi connectivity index (χ0) is 26.5. The van der Waals surface area contributed by atoms with Crippen LogP contribution < -0.4 is 10.6 Å². The highest BCUT2D eigenvalue weighted by molar-refractivity contribution is 6.39. The molecule has 2 N–H and O–H groups in total. The Morgan fingerprint density at radius 3 is 2.25 bits per heavy atom. The van der Waals surface area contributed by atoms with Crippen LogP contribution in [0, 0.1) is 6.92 Å². The van der Waals surface area contributed by atoms with Gasteiger partial charge in [0.2, 0.25) is 5.91 Å². The predicted octanol–water partition coefficient (Wildman–Crippen LogP) is 7.06. The summed E-state index contributed by atoms with van der Waals surface area (Å²) >= 11 is 12.4. The lowest BCUT2D eigenvalue weighted by molar-refractivity contribution is -0.116. The first-order chi connectivity index (χ1) is 17.0. The van der Waals surface area contributed by atoms with E-state index in [1.54, 1.807) is 22.9 Å². The van der Waals surface area contributed by atoms with Gasteiger partial charge in [0, 0.05) is 18.0 Å². The molecule has 9 heteroatoms. The highest BCUT2D eigenvalue weighted by atomic mass is 35.5. The number of urea groups is 1. The third-order valence-corrected chi connectivity index (χ3v) is 6.25. The van der Waals surface area contributed by atoms with Gasteiger partial charge in [-0.25, -0.2) is 9.48 Å². The SMILES string of the molecule is CCCCN(CC(=O)Nc1cc(C(C)(C)C)nn1-c1ccc(C)cc1)C(=O)Nc1c(Cl)cccc1Cl. The van der Waals surface area contributed by atoms with Crippen LogP contribution in [0.2, 0.25) is 10.0 Å². The van der Waals surface area contributed by atoms with Gasteiger partial charge in [0.25, 0.3) is 0 Å². The number of aromatic nitrogens is 2. The fraction of sp³-hybridized carbons (Fsp3) is 0.370. The Kier molecular flexibility index (Phi) is 9.03. The minimum atomic E-state index is -0.448. The van der Waals surface area contributed by atoms with Gasteiger partial charge in [-0.2, -0.15) is 5.10 Å². The molecule has 192 valence electrons. The maximum atomic E-state index is 13.1. The Balaban J connectivity index is 1.82. The molecule has 0 bridgehead atoms. The molecule has 1 aromatic heterocycles. The molecule has 0 aliphatic heterocycles. The van der Waals surface area contributed by atoms with Crippen LogP contribution in [0.4, 0.5) is 16.3 Å². The molecule has 3 aromatic rings. The first-order valence-electron chi connectivity index (χ1n) is 12.0. The van der Waals surface area contributed by atoms with Crippen molar-refractivity contribution in [2.75, 3.05) is 23.7 Å². The average molecular weight is 531 g/mol. The van der Waals surface area contributed by atoms with Gasteiger partial charge in [-0.05, 0) is 37.6 Å². The number of amides is 3. The van der Waals surface area contributed by atoms with Crippen molar-refractivity contribution in [3.63, 3.8) is 0 Å². The second-order valence-electron chi connectivity index (χ2n) is 9.76. The maximum absolute atomic E-state index is 13.1. The number of nitrogens with one attached hydrogen (secondary N) is 2. The zero-order valence-electron chi connectivity index (χ0n) is 21.4. The van der Waals surface area contributed by atoms with Crippen molar-refractivity contribution >= 4 is 46.6 Å². The summed E-state index contributed by atoms with van der Waals surface area (Å²) in [6.45, 7) is 10.5. The number of carbonyl (C=O) groups is 2. The van der Waals surface area contributed by atoms with Gasteiger partial charge in [-0.3, -0.25) is 4.79 Å². The molecule has 0 saturated carbocycles. The lowest BCUT2D eigenvalue weighted by Crippen LogP contribution is -2.41. The van der Waals surface area contributed by atoms with E-state index < -0.39 is 6.03 Å². The number of hydrogen-bond donors (Lipinski definition) is 2. The summed E-state index contributed by atoms with van der Waals surface area (Å²) in [6, 6.07) is 14.3. The summed E-state index contributed by atoms with van der Waals surface area (Å²) in [6.07, 6.45) is 1.61. The Labute approximate surface area is 222 Å². The van der Waals surface area contributed by atoms with Gasteiger partial charge >= 0.3 is 6.03 Å². The number of unbranched alkanes of at least 4 members (excludes halogenated alkanes) is 1. The molecule has 0 aliphatic rings. The fourth-order valence-electron chi connectivity index (χ4n) is 3.48. The number of hydrogen-bond acceptors (Lipinski definition) is 3. The minimum Gasteiger partial charge on any atom is -0.315 e. The van der Waals surface area contributed by atoms with E-state index in [2.05, 4.69) is 31.4 Å². The number of halogens is 2. The first kappa shape index (κ1) is 27.6. The van der Waals surface area contributed by atoms with Crippen LogP contribution in [-0.2, 0) is 10.2 Å². The van der Waals surface area contributed by atoms with E-state index in [1.807, 2.05) is 44.2 Å². The zero-order valence-corrected chi connectivity index (χ0v) is 22.9. The summed E-state index contributed by atoms with van der Waals surface area (Å²) in [5.41, 5.74) is 2.91. The molecule has 0 radical (unpaired) electrons. The average Bonchev–Trinajstić information content (AvgIpc) is 3.23. The van der Waals surface area contributed by atoms with Crippen molar-refractivity contribution in [3.8, 4) is 5.69 Å². The van der Waals surface area contributed by atoms with Crippen LogP contribution >= 0.6 is 23.2 Å². The van der Waals surface area contributed by atoms with Crippen LogP contribution in [-0.4, -0.2) is 39.7 Å². The molecule has 0 unspecified atom stereocenters. The van der Waals surface area contributed by atoms with Crippen molar-refractivity contribution in [2.24, 2.45) is 0 Å². The van der Waals surface area contributed by atoms with Crippen molar-refractivity contribution in [1.29, 1.82) is 0 Å². The second-order valence-corrected chi connectivity index (χ2v) is 10.6. The molecule has 7 nitrogen and oxygen atoms in total. The standard InChI is InChI=1S/C27H33Cl2N5O2/c1-6-7-15-33(26(36)31-25-20(28)9-8-10-21(25)29)17-24(35)30-23-16-22(27(3,4)5)32-34(23)19-13-11-18(2)12-14-19/h8-14,16H,6-7,15,17H2,1-5H3,(H,30,35)(H,31,36). The van der Waals surface area contributed by atoms with E-state index in [9.17, 15) is 9.59 Å². The summed E-state index contributed by atoms with van der Waals surface area (Å²) in [7, 11) is 0. The summed E-state index contributed by atoms with van der Waals surface area (Å²) in [5, 5.41) is 11.1. The second kappa shape index (κ2) is 11.8. The summed E-state index contributed by atoms with van der Waals surface area (Å²) < 4.78 is 1.72. The molecule has 1 heterocycles. The predicted molar refractivity (Wildman–Crippen MR) is 148 cm³/mol. The number of para-hydroxylation sites is 1. The van der Waals surface area contributed by atoms with Gasteiger partial charge in [-0.15, -0.1) is 0 Å². The number of carbonyl (C=O) groups excluding carboxylic acids is 2. The topological polar surface area (TPSA) is 79.3 Å². The molecule has 36 heavy (non-hydrogen) atoms. The molecular weight excluding hydrogens is 497 g/mol. The quantitative estimate of drug-likeness (QED) is 0.327.